The number of hydrogen-bond donors (Lipinski definition) is 2. The lowest BCUT2D eigenvalue weighted by molar-refractivity contribution is 0.914. The minimum Gasteiger partial charge on any atom is -0.369 e. The van der Waals surface area contributed by atoms with Crippen molar-refractivity contribution < 1.29 is 0 Å². The first-order chi connectivity index (χ1) is 7.59. The number of nitrogen functional groups attached to an aromatic ring is 2. The summed E-state index contributed by atoms with van der Waals surface area (Å²) in [6, 6.07) is 7.71. The Balaban J connectivity index is 2.75. The van der Waals surface area contributed by atoms with Crippen LogP contribution in [-0.2, 0) is 0 Å². The van der Waals surface area contributed by atoms with Gasteiger partial charge in [0, 0.05) is 0 Å². The van der Waals surface area contributed by atoms with Crippen LogP contribution in [0.2, 0.25) is 0 Å². The highest BCUT2D eigenvalue weighted by Crippen LogP contribution is 2.16. The Kier molecular flexibility index (Phi) is 2.57. The van der Waals surface area contributed by atoms with Crippen molar-refractivity contribution in [3.63, 3.8) is 0 Å². The van der Waals surface area contributed by atoms with Gasteiger partial charge in [-0.3, -0.25) is 4.57 Å². The second-order valence-corrected chi connectivity index (χ2v) is 3.71. The first-order valence-electron chi connectivity index (χ1n) is 4.67. The zero-order chi connectivity index (χ0) is 11.7. The number of rotatable bonds is 1. The summed E-state index contributed by atoms with van der Waals surface area (Å²) in [5.41, 5.74) is 13.2. The van der Waals surface area contributed by atoms with Gasteiger partial charge in [0.25, 0.3) is 0 Å². The Morgan fingerprint density at radius 1 is 1.19 bits per heavy atom. The van der Waals surface area contributed by atoms with Crippen LogP contribution in [0.25, 0.3) is 5.69 Å². The van der Waals surface area contributed by atoms with Crippen molar-refractivity contribution in [2.75, 3.05) is 11.5 Å². The van der Waals surface area contributed by atoms with Crippen molar-refractivity contribution in [2.45, 2.75) is 6.92 Å². The highest BCUT2D eigenvalue weighted by Gasteiger charge is 2.07. The molecule has 82 valence electrons. The molecule has 2 rings (SSSR count). The molecule has 0 spiro atoms. The first-order valence-corrected chi connectivity index (χ1v) is 5.08. The fraction of sp³-hybridized carbons (Fsp3) is 0.100. The van der Waals surface area contributed by atoms with Crippen molar-refractivity contribution in [3.05, 3.63) is 34.6 Å². The molecular formula is C10H11N5S. The van der Waals surface area contributed by atoms with Gasteiger partial charge in [0.1, 0.15) is 0 Å². The van der Waals surface area contributed by atoms with Gasteiger partial charge in [-0.15, -0.1) is 0 Å². The maximum atomic E-state index is 5.79. The second kappa shape index (κ2) is 3.90. The van der Waals surface area contributed by atoms with Gasteiger partial charge in [0.05, 0.1) is 5.69 Å². The van der Waals surface area contributed by atoms with Gasteiger partial charge in [0.2, 0.25) is 16.7 Å². The van der Waals surface area contributed by atoms with E-state index >= 15 is 0 Å². The highest BCUT2D eigenvalue weighted by molar-refractivity contribution is 7.71. The molecule has 0 atom stereocenters. The van der Waals surface area contributed by atoms with E-state index in [4.69, 9.17) is 23.7 Å². The minimum absolute atomic E-state index is 0.0901. The summed E-state index contributed by atoms with van der Waals surface area (Å²) in [4.78, 5) is 7.81. The number of anilines is 2. The van der Waals surface area contributed by atoms with Gasteiger partial charge in [0.15, 0.2) is 0 Å². The normalized spacial score (nSPS) is 10.3. The lowest BCUT2D eigenvalue weighted by Crippen LogP contribution is -2.12. The van der Waals surface area contributed by atoms with Crippen LogP contribution in [0.15, 0.2) is 24.3 Å². The van der Waals surface area contributed by atoms with Crippen LogP contribution in [0, 0.1) is 11.7 Å². The lowest BCUT2D eigenvalue weighted by Gasteiger charge is -2.11. The number of benzene rings is 1. The summed E-state index contributed by atoms with van der Waals surface area (Å²) in [5, 5.41) is 0. The van der Waals surface area contributed by atoms with Gasteiger partial charge < -0.3 is 11.5 Å². The van der Waals surface area contributed by atoms with Gasteiger partial charge in [-0.1, -0.05) is 18.2 Å². The lowest BCUT2D eigenvalue weighted by atomic mass is 10.2. The number of aryl methyl sites for hydroxylation is 1. The first kappa shape index (κ1) is 10.6. The molecule has 0 saturated carbocycles. The van der Waals surface area contributed by atoms with E-state index < -0.39 is 0 Å². The smallest absolute Gasteiger partial charge is 0.225 e. The molecule has 0 aliphatic carbocycles. The molecule has 6 heteroatoms. The SMILES string of the molecule is Cc1ccccc1-n1c(N)nc(N)nc1=S. The van der Waals surface area contributed by atoms with Crippen molar-refractivity contribution in [1.29, 1.82) is 0 Å². The predicted molar refractivity (Wildman–Crippen MR) is 65.8 cm³/mol. The maximum absolute atomic E-state index is 5.79. The maximum Gasteiger partial charge on any atom is 0.225 e. The Hall–Kier alpha value is -1.95. The summed E-state index contributed by atoms with van der Waals surface area (Å²) >= 11 is 5.12. The largest absolute Gasteiger partial charge is 0.369 e. The molecule has 16 heavy (non-hydrogen) atoms. The van der Waals surface area contributed by atoms with E-state index in [1.165, 1.54) is 0 Å². The molecule has 0 bridgehead atoms. The fourth-order valence-corrected chi connectivity index (χ4v) is 1.76. The van der Waals surface area contributed by atoms with E-state index in [9.17, 15) is 0 Å². The molecule has 0 amide bonds. The van der Waals surface area contributed by atoms with Gasteiger partial charge >= 0.3 is 0 Å². The van der Waals surface area contributed by atoms with Crippen molar-refractivity contribution >= 4 is 24.1 Å². The van der Waals surface area contributed by atoms with Crippen LogP contribution in [-0.4, -0.2) is 14.5 Å². The number of hydrogen-bond acceptors (Lipinski definition) is 5. The molecule has 0 unspecified atom stereocenters. The molecule has 0 saturated heterocycles. The Labute approximate surface area is 97.8 Å². The average molecular weight is 233 g/mol. The molecule has 5 nitrogen and oxygen atoms in total. The third-order valence-electron chi connectivity index (χ3n) is 2.22. The van der Waals surface area contributed by atoms with E-state index in [1.807, 2.05) is 31.2 Å². The highest BCUT2D eigenvalue weighted by atomic mass is 32.1. The van der Waals surface area contributed by atoms with Gasteiger partial charge in [-0.2, -0.15) is 9.97 Å². The summed E-state index contributed by atoms with van der Waals surface area (Å²) in [5.74, 6) is 0.333. The Morgan fingerprint density at radius 2 is 1.88 bits per heavy atom. The van der Waals surface area contributed by atoms with E-state index in [-0.39, 0.29) is 11.9 Å². The molecule has 1 aromatic carbocycles. The Morgan fingerprint density at radius 3 is 2.50 bits per heavy atom. The quantitative estimate of drug-likeness (QED) is 0.729. The molecule has 0 aliphatic rings. The molecule has 4 N–H and O–H groups in total. The number of aromatic nitrogens is 3. The van der Waals surface area contributed by atoms with Crippen LogP contribution in [0.4, 0.5) is 11.9 Å². The van der Waals surface area contributed by atoms with Gasteiger partial charge in [-0.25, -0.2) is 0 Å². The van der Waals surface area contributed by atoms with Crippen molar-refractivity contribution in [3.8, 4) is 5.69 Å². The van der Waals surface area contributed by atoms with Crippen LogP contribution in [0.1, 0.15) is 5.56 Å². The monoisotopic (exact) mass is 233 g/mol. The van der Waals surface area contributed by atoms with Crippen molar-refractivity contribution in [2.24, 2.45) is 0 Å². The molecule has 1 aromatic heterocycles. The molecule has 0 radical (unpaired) electrons. The molecule has 1 heterocycles. The molecule has 2 aromatic rings. The van der Waals surface area contributed by atoms with Crippen LogP contribution >= 0.6 is 12.2 Å². The van der Waals surface area contributed by atoms with E-state index in [2.05, 4.69) is 9.97 Å². The van der Waals surface area contributed by atoms with Crippen LogP contribution in [0.3, 0.4) is 0 Å². The number of nitrogens with two attached hydrogens (primary N) is 2. The number of nitrogens with zero attached hydrogens (tertiary/aromatic N) is 3. The Bertz CT molecular complexity index is 590. The van der Waals surface area contributed by atoms with Crippen LogP contribution < -0.4 is 11.5 Å². The van der Waals surface area contributed by atoms with E-state index in [1.54, 1.807) is 4.57 Å². The third kappa shape index (κ3) is 1.74. The minimum atomic E-state index is 0.0901. The van der Waals surface area contributed by atoms with Gasteiger partial charge in [-0.05, 0) is 30.8 Å². The summed E-state index contributed by atoms with van der Waals surface area (Å²) in [6.45, 7) is 1.97. The molecule has 0 fully saturated rings. The van der Waals surface area contributed by atoms with Crippen LogP contribution in [0.5, 0.6) is 0 Å². The average Bonchev–Trinajstić information content (AvgIpc) is 2.19. The van der Waals surface area contributed by atoms with E-state index in [0.717, 1.165) is 11.3 Å². The molecule has 0 aliphatic heterocycles. The number of para-hydroxylation sites is 1. The zero-order valence-corrected chi connectivity index (χ0v) is 9.53. The topological polar surface area (TPSA) is 82.8 Å². The summed E-state index contributed by atoms with van der Waals surface area (Å²) in [7, 11) is 0. The van der Waals surface area contributed by atoms with Crippen molar-refractivity contribution in [1.82, 2.24) is 14.5 Å². The van der Waals surface area contributed by atoms with E-state index in [0.29, 0.717) is 4.77 Å². The fourth-order valence-electron chi connectivity index (χ4n) is 1.48. The third-order valence-corrected chi connectivity index (χ3v) is 2.49. The second-order valence-electron chi connectivity index (χ2n) is 3.34. The zero-order valence-electron chi connectivity index (χ0n) is 8.71. The standard InChI is InChI=1S/C10H11N5S/c1-6-4-2-3-5-7(6)15-9(12)13-8(11)14-10(15)16/h2-5H,1H3,(H4,11,12,13,14,16). The summed E-state index contributed by atoms with van der Waals surface area (Å²) in [6.07, 6.45) is 0. The summed E-state index contributed by atoms with van der Waals surface area (Å²) < 4.78 is 1.90. The molecular weight excluding hydrogens is 222 g/mol. The predicted octanol–water partition coefficient (Wildman–Crippen LogP) is 1.47.